The van der Waals surface area contributed by atoms with Gasteiger partial charge in [0.1, 0.15) is 5.69 Å². The number of rotatable bonds is 7. The molecule has 0 aliphatic carbocycles. The lowest BCUT2D eigenvalue weighted by molar-refractivity contribution is -0.384. The predicted octanol–water partition coefficient (Wildman–Crippen LogP) is 2.74. The van der Waals surface area contributed by atoms with Gasteiger partial charge in [0.25, 0.3) is 5.69 Å². The van der Waals surface area contributed by atoms with Crippen LogP contribution in [0, 0.1) is 10.1 Å². The Morgan fingerprint density at radius 2 is 1.75 bits per heavy atom. The van der Waals surface area contributed by atoms with Gasteiger partial charge in [-0.05, 0) is 13.8 Å². The number of carbonyl (C=O) groups excluding carboxylic acids is 1. The maximum Gasteiger partial charge on any atom is 0.296 e. The number of hydrogen-bond donors (Lipinski definition) is 1. The van der Waals surface area contributed by atoms with Crippen LogP contribution in [0.1, 0.15) is 27.2 Å². The fourth-order valence-corrected chi connectivity index (χ4v) is 1.58. The summed E-state index contributed by atoms with van der Waals surface area (Å²) in [5.41, 5.74) is -0.118. The van der Waals surface area contributed by atoms with Crippen LogP contribution in [0.3, 0.4) is 0 Å². The van der Waals surface area contributed by atoms with Crippen LogP contribution >= 0.6 is 0 Å². The molecule has 0 saturated carbocycles. The van der Waals surface area contributed by atoms with Crippen LogP contribution in [0.4, 0.5) is 11.4 Å². The summed E-state index contributed by atoms with van der Waals surface area (Å²) in [6.45, 7) is 5.98. The van der Waals surface area contributed by atoms with E-state index in [1.165, 1.54) is 12.1 Å². The Hall–Kier alpha value is -2.31. The Morgan fingerprint density at radius 3 is 2.20 bits per heavy atom. The molecule has 1 N–H and O–H groups in total. The third-order valence-electron chi connectivity index (χ3n) is 2.45. The maximum absolute atomic E-state index is 11.4. The largest absolute Gasteiger partial charge is 0.490 e. The summed E-state index contributed by atoms with van der Waals surface area (Å²) in [5.74, 6) is 0.349. The van der Waals surface area contributed by atoms with Gasteiger partial charge in [-0.25, -0.2) is 0 Å². The quantitative estimate of drug-likeness (QED) is 0.613. The Bertz CT molecular complexity index is 502. The van der Waals surface area contributed by atoms with Crippen LogP contribution < -0.4 is 14.8 Å². The standard InChI is InChI=1S/C13H18N2O5/c1-4-13(16)14-9-7-11(19-5-2)12(20-6-3)8-10(9)15(17)18/h7-8H,4-6H2,1-3H3,(H,14,16). The number of benzene rings is 1. The highest BCUT2D eigenvalue weighted by Crippen LogP contribution is 2.38. The van der Waals surface area contributed by atoms with E-state index in [2.05, 4.69) is 5.32 Å². The normalized spacial score (nSPS) is 9.95. The molecule has 0 radical (unpaired) electrons. The van der Waals surface area contributed by atoms with Gasteiger partial charge in [-0.15, -0.1) is 0 Å². The third kappa shape index (κ3) is 3.84. The molecule has 1 amide bonds. The monoisotopic (exact) mass is 282 g/mol. The highest BCUT2D eigenvalue weighted by atomic mass is 16.6. The fraction of sp³-hybridized carbons (Fsp3) is 0.462. The molecule has 110 valence electrons. The zero-order chi connectivity index (χ0) is 15.1. The van der Waals surface area contributed by atoms with E-state index in [4.69, 9.17) is 9.47 Å². The lowest BCUT2D eigenvalue weighted by atomic mass is 10.2. The van der Waals surface area contributed by atoms with Crippen molar-refractivity contribution in [2.45, 2.75) is 27.2 Å². The number of hydrogen-bond acceptors (Lipinski definition) is 5. The number of nitro groups is 1. The van der Waals surface area contributed by atoms with E-state index < -0.39 is 4.92 Å². The number of carbonyl (C=O) groups is 1. The second kappa shape index (κ2) is 7.32. The van der Waals surface area contributed by atoms with Crippen molar-refractivity contribution < 1.29 is 19.2 Å². The van der Waals surface area contributed by atoms with Crippen molar-refractivity contribution in [2.75, 3.05) is 18.5 Å². The Morgan fingerprint density at radius 1 is 1.20 bits per heavy atom. The molecule has 0 aliphatic rings. The molecule has 1 aromatic carbocycles. The van der Waals surface area contributed by atoms with E-state index in [0.717, 1.165) is 0 Å². The number of amides is 1. The van der Waals surface area contributed by atoms with Gasteiger partial charge >= 0.3 is 0 Å². The minimum atomic E-state index is -0.566. The minimum Gasteiger partial charge on any atom is -0.490 e. The van der Waals surface area contributed by atoms with E-state index in [9.17, 15) is 14.9 Å². The minimum absolute atomic E-state index is 0.105. The van der Waals surface area contributed by atoms with Crippen molar-refractivity contribution in [2.24, 2.45) is 0 Å². The van der Waals surface area contributed by atoms with Gasteiger partial charge in [0.15, 0.2) is 11.5 Å². The average molecular weight is 282 g/mol. The summed E-state index contributed by atoms with van der Waals surface area (Å²) in [4.78, 5) is 21.9. The van der Waals surface area contributed by atoms with Crippen LogP contribution in [-0.2, 0) is 4.79 Å². The van der Waals surface area contributed by atoms with Crippen LogP contribution in [0.15, 0.2) is 12.1 Å². The van der Waals surface area contributed by atoms with Gasteiger partial charge in [-0.3, -0.25) is 14.9 Å². The number of nitrogens with one attached hydrogen (secondary N) is 1. The van der Waals surface area contributed by atoms with Gasteiger partial charge in [0, 0.05) is 12.5 Å². The third-order valence-corrected chi connectivity index (χ3v) is 2.45. The zero-order valence-corrected chi connectivity index (χ0v) is 11.8. The molecule has 0 atom stereocenters. The lowest BCUT2D eigenvalue weighted by Crippen LogP contribution is -2.12. The Kier molecular flexibility index (Phi) is 5.76. The van der Waals surface area contributed by atoms with E-state index in [0.29, 0.717) is 19.0 Å². The van der Waals surface area contributed by atoms with Crippen molar-refractivity contribution >= 4 is 17.3 Å². The van der Waals surface area contributed by atoms with Crippen LogP contribution in [-0.4, -0.2) is 24.0 Å². The topological polar surface area (TPSA) is 90.7 Å². The number of ether oxygens (including phenoxy) is 2. The van der Waals surface area contributed by atoms with Crippen molar-refractivity contribution in [3.8, 4) is 11.5 Å². The lowest BCUT2D eigenvalue weighted by Gasteiger charge is -2.13. The molecule has 0 saturated heterocycles. The predicted molar refractivity (Wildman–Crippen MR) is 74.4 cm³/mol. The maximum atomic E-state index is 11.4. The summed E-state index contributed by atoms with van der Waals surface area (Å²) in [7, 11) is 0. The summed E-state index contributed by atoms with van der Waals surface area (Å²) in [6.07, 6.45) is 0.230. The molecular weight excluding hydrogens is 264 g/mol. The first-order valence-electron chi connectivity index (χ1n) is 6.41. The van der Waals surface area contributed by atoms with E-state index in [1.54, 1.807) is 20.8 Å². The number of anilines is 1. The first kappa shape index (κ1) is 15.7. The van der Waals surface area contributed by atoms with Gasteiger partial charge < -0.3 is 14.8 Å². The molecule has 7 nitrogen and oxygen atoms in total. The highest BCUT2D eigenvalue weighted by molar-refractivity contribution is 5.93. The van der Waals surface area contributed by atoms with E-state index in [1.807, 2.05) is 0 Å². The molecule has 0 heterocycles. The van der Waals surface area contributed by atoms with Crippen LogP contribution in [0.2, 0.25) is 0 Å². The SMILES string of the molecule is CCOc1cc(NC(=O)CC)c([N+](=O)[O-])cc1OCC. The first-order chi connectivity index (χ1) is 9.53. The summed E-state index contributed by atoms with van der Waals surface area (Å²) >= 11 is 0. The smallest absolute Gasteiger partial charge is 0.296 e. The molecule has 7 heteroatoms. The summed E-state index contributed by atoms with van der Waals surface area (Å²) < 4.78 is 10.7. The molecule has 20 heavy (non-hydrogen) atoms. The van der Waals surface area contributed by atoms with E-state index >= 15 is 0 Å². The van der Waals surface area contributed by atoms with Crippen LogP contribution in [0.5, 0.6) is 11.5 Å². The van der Waals surface area contributed by atoms with Gasteiger partial charge in [0.05, 0.1) is 24.2 Å². The number of nitrogens with zero attached hydrogens (tertiary/aromatic N) is 1. The van der Waals surface area contributed by atoms with E-state index in [-0.39, 0.29) is 29.5 Å². The molecule has 0 aliphatic heterocycles. The first-order valence-corrected chi connectivity index (χ1v) is 6.41. The molecule has 0 bridgehead atoms. The Labute approximate surface area is 117 Å². The fourth-order valence-electron chi connectivity index (χ4n) is 1.58. The second-order valence-corrected chi connectivity index (χ2v) is 3.84. The second-order valence-electron chi connectivity index (χ2n) is 3.84. The molecule has 0 fully saturated rings. The zero-order valence-electron chi connectivity index (χ0n) is 11.8. The van der Waals surface area contributed by atoms with Crippen LogP contribution in [0.25, 0.3) is 0 Å². The van der Waals surface area contributed by atoms with Crippen molar-refractivity contribution in [1.82, 2.24) is 0 Å². The highest BCUT2D eigenvalue weighted by Gasteiger charge is 2.21. The van der Waals surface area contributed by atoms with Crippen molar-refractivity contribution in [1.29, 1.82) is 0 Å². The van der Waals surface area contributed by atoms with Gasteiger partial charge in [-0.2, -0.15) is 0 Å². The molecular formula is C13H18N2O5. The number of nitro benzene ring substituents is 1. The molecule has 0 unspecified atom stereocenters. The van der Waals surface area contributed by atoms with Crippen molar-refractivity contribution in [3.05, 3.63) is 22.2 Å². The molecule has 0 aromatic heterocycles. The summed E-state index contributed by atoms with van der Waals surface area (Å²) in [6, 6.07) is 2.68. The van der Waals surface area contributed by atoms with Gasteiger partial charge in [0.2, 0.25) is 5.91 Å². The van der Waals surface area contributed by atoms with Crippen molar-refractivity contribution in [3.63, 3.8) is 0 Å². The molecule has 1 rings (SSSR count). The van der Waals surface area contributed by atoms with Gasteiger partial charge in [-0.1, -0.05) is 6.92 Å². The average Bonchev–Trinajstić information content (AvgIpc) is 2.41. The molecule has 0 spiro atoms. The summed E-state index contributed by atoms with van der Waals surface area (Å²) in [5, 5.41) is 13.6. The Balaban J connectivity index is 3.28. The molecule has 1 aromatic rings.